The average molecular weight is 427 g/mol. The van der Waals surface area contributed by atoms with Crippen LogP contribution in [-0.2, 0) is 23.6 Å². The summed E-state index contributed by atoms with van der Waals surface area (Å²) in [5.41, 5.74) is 5.28. The summed E-state index contributed by atoms with van der Waals surface area (Å²) in [6.07, 6.45) is 0. The van der Waals surface area contributed by atoms with Crippen molar-refractivity contribution in [2.24, 2.45) is 7.05 Å². The molecule has 7 heteroatoms. The van der Waals surface area contributed by atoms with Crippen LogP contribution >= 0.6 is 0 Å². The topological polar surface area (TPSA) is 67.2 Å². The predicted molar refractivity (Wildman–Crippen MR) is 122 cm³/mol. The molecule has 3 rings (SSSR count). The van der Waals surface area contributed by atoms with Crippen LogP contribution in [0.4, 0.5) is 5.69 Å². The van der Waals surface area contributed by atoms with Gasteiger partial charge in [0.1, 0.15) is 0 Å². The van der Waals surface area contributed by atoms with E-state index in [2.05, 4.69) is 46.8 Å². The smallest absolute Gasteiger partial charge is 0.262 e. The first-order valence-corrected chi connectivity index (χ1v) is 11.7. The molecule has 0 spiro atoms. The van der Waals surface area contributed by atoms with Crippen LogP contribution in [0.5, 0.6) is 0 Å². The largest absolute Gasteiger partial charge is 0.300 e. The van der Waals surface area contributed by atoms with Gasteiger partial charge in [-0.15, -0.1) is 0 Å². The average Bonchev–Trinajstić information content (AvgIpc) is 2.98. The van der Waals surface area contributed by atoms with Crippen LogP contribution in [0, 0.1) is 13.8 Å². The van der Waals surface area contributed by atoms with Crippen molar-refractivity contribution in [3.63, 3.8) is 0 Å². The number of aryl methyl sites for hydroxylation is 2. The van der Waals surface area contributed by atoms with Gasteiger partial charge >= 0.3 is 0 Å². The molecular weight excluding hydrogens is 396 g/mol. The van der Waals surface area contributed by atoms with Gasteiger partial charge in [-0.2, -0.15) is 5.10 Å². The summed E-state index contributed by atoms with van der Waals surface area (Å²) in [4.78, 5) is 2.59. The maximum atomic E-state index is 12.9. The van der Waals surface area contributed by atoms with E-state index in [0.29, 0.717) is 11.4 Å². The van der Waals surface area contributed by atoms with Gasteiger partial charge in [0.2, 0.25) is 0 Å². The number of anilines is 1. The fraction of sp³-hybridized carbons (Fsp3) is 0.348. The van der Waals surface area contributed by atoms with Gasteiger partial charge in [-0.1, -0.05) is 44.2 Å². The van der Waals surface area contributed by atoms with Crippen LogP contribution in [0.2, 0.25) is 0 Å². The molecule has 0 aliphatic heterocycles. The number of hydrogen-bond acceptors (Lipinski definition) is 4. The van der Waals surface area contributed by atoms with Gasteiger partial charge in [0.25, 0.3) is 10.0 Å². The molecule has 0 radical (unpaired) electrons. The van der Waals surface area contributed by atoms with Crippen molar-refractivity contribution >= 4 is 15.7 Å². The fourth-order valence-corrected chi connectivity index (χ4v) is 4.67. The molecule has 2 aromatic carbocycles. The second-order valence-electron chi connectivity index (χ2n) is 7.46. The molecule has 0 atom stereocenters. The van der Waals surface area contributed by atoms with Crippen LogP contribution in [0.3, 0.4) is 0 Å². The van der Waals surface area contributed by atoms with Crippen LogP contribution in [0.1, 0.15) is 30.8 Å². The third-order valence-corrected chi connectivity index (χ3v) is 6.84. The third kappa shape index (κ3) is 4.74. The molecule has 0 bridgehead atoms. The zero-order valence-corrected chi connectivity index (χ0v) is 19.1. The molecule has 30 heavy (non-hydrogen) atoms. The Morgan fingerprint density at radius 2 is 1.67 bits per heavy atom. The Hall–Kier alpha value is -2.64. The van der Waals surface area contributed by atoms with Crippen molar-refractivity contribution in [1.29, 1.82) is 0 Å². The molecular formula is C23H30N4O2S. The highest BCUT2D eigenvalue weighted by Crippen LogP contribution is 2.26. The SMILES string of the molecule is CCN(CC)Cc1cccc(-c2ccc(S(=O)(=O)Nc3c(C)nn(C)c3C)cc2)c1. The van der Waals surface area contributed by atoms with E-state index in [-0.39, 0.29) is 4.90 Å². The molecule has 0 fully saturated rings. The molecule has 0 unspecified atom stereocenters. The molecule has 0 saturated carbocycles. The molecule has 1 heterocycles. The number of sulfonamides is 1. The molecule has 0 aliphatic rings. The van der Waals surface area contributed by atoms with Crippen molar-refractivity contribution in [2.45, 2.75) is 39.1 Å². The molecule has 0 saturated heterocycles. The monoisotopic (exact) mass is 426 g/mol. The number of benzene rings is 2. The van der Waals surface area contributed by atoms with Crippen molar-refractivity contribution in [3.8, 4) is 11.1 Å². The van der Waals surface area contributed by atoms with Crippen LogP contribution < -0.4 is 4.72 Å². The summed E-state index contributed by atoms with van der Waals surface area (Å²) < 4.78 is 30.0. The zero-order chi connectivity index (χ0) is 21.9. The van der Waals surface area contributed by atoms with Gasteiger partial charge < -0.3 is 0 Å². The minimum absolute atomic E-state index is 0.230. The predicted octanol–water partition coefficient (Wildman–Crippen LogP) is 4.35. The van der Waals surface area contributed by atoms with Gasteiger partial charge in [0.15, 0.2) is 0 Å². The van der Waals surface area contributed by atoms with Gasteiger partial charge in [-0.3, -0.25) is 14.3 Å². The highest BCUT2D eigenvalue weighted by Gasteiger charge is 2.19. The van der Waals surface area contributed by atoms with E-state index in [4.69, 9.17) is 0 Å². The lowest BCUT2D eigenvalue weighted by atomic mass is 10.0. The molecule has 6 nitrogen and oxygen atoms in total. The molecule has 160 valence electrons. The molecule has 1 aromatic heterocycles. The third-order valence-electron chi connectivity index (χ3n) is 5.47. The Morgan fingerprint density at radius 1 is 1.00 bits per heavy atom. The van der Waals surface area contributed by atoms with Gasteiger partial charge in [0.05, 0.1) is 22.0 Å². The number of hydrogen-bond donors (Lipinski definition) is 1. The quantitative estimate of drug-likeness (QED) is 0.582. The van der Waals surface area contributed by atoms with Crippen LogP contribution in [0.25, 0.3) is 11.1 Å². The minimum Gasteiger partial charge on any atom is -0.300 e. The lowest BCUT2D eigenvalue weighted by molar-refractivity contribution is 0.296. The Morgan fingerprint density at radius 3 is 2.23 bits per heavy atom. The summed E-state index contributed by atoms with van der Waals surface area (Å²) in [5.74, 6) is 0. The van der Waals surface area contributed by atoms with E-state index in [9.17, 15) is 8.42 Å². The van der Waals surface area contributed by atoms with Gasteiger partial charge in [0, 0.05) is 13.6 Å². The lowest BCUT2D eigenvalue weighted by Gasteiger charge is -2.18. The zero-order valence-electron chi connectivity index (χ0n) is 18.3. The summed E-state index contributed by atoms with van der Waals surface area (Å²) in [5, 5.41) is 4.27. The first-order valence-electron chi connectivity index (χ1n) is 10.2. The van der Waals surface area contributed by atoms with Gasteiger partial charge in [-0.05, 0) is 61.8 Å². The Balaban J connectivity index is 1.82. The minimum atomic E-state index is -3.68. The van der Waals surface area contributed by atoms with E-state index >= 15 is 0 Å². The first-order chi connectivity index (χ1) is 14.2. The van der Waals surface area contributed by atoms with Crippen LogP contribution in [0.15, 0.2) is 53.4 Å². The lowest BCUT2D eigenvalue weighted by Crippen LogP contribution is -2.22. The van der Waals surface area contributed by atoms with Crippen molar-refractivity contribution in [2.75, 3.05) is 17.8 Å². The standard InChI is InChI=1S/C23H30N4O2S/c1-6-27(7-2)16-19-9-8-10-21(15-19)20-11-13-22(14-12-20)30(28,29)25-23-17(3)24-26(5)18(23)4/h8-15,25H,6-7,16H2,1-5H3. The maximum Gasteiger partial charge on any atom is 0.262 e. The molecule has 0 amide bonds. The summed E-state index contributed by atoms with van der Waals surface area (Å²) in [7, 11) is -1.89. The van der Waals surface area contributed by atoms with Crippen molar-refractivity contribution in [1.82, 2.24) is 14.7 Å². The van der Waals surface area contributed by atoms with E-state index < -0.39 is 10.0 Å². The Kier molecular flexibility index (Phi) is 6.63. The van der Waals surface area contributed by atoms with Gasteiger partial charge in [-0.25, -0.2) is 8.42 Å². The summed E-state index contributed by atoms with van der Waals surface area (Å²) >= 11 is 0. The number of nitrogens with zero attached hydrogens (tertiary/aromatic N) is 3. The van der Waals surface area contributed by atoms with E-state index in [1.807, 2.05) is 25.1 Å². The number of rotatable bonds is 8. The summed E-state index contributed by atoms with van der Waals surface area (Å²) in [6, 6.07) is 15.4. The summed E-state index contributed by atoms with van der Waals surface area (Å²) in [6.45, 7) is 10.9. The Labute approximate surface area is 179 Å². The second kappa shape index (κ2) is 9.02. The Bertz CT molecular complexity index is 1110. The molecule has 1 N–H and O–H groups in total. The van der Waals surface area contributed by atoms with Crippen molar-refractivity contribution < 1.29 is 8.42 Å². The van der Waals surface area contributed by atoms with Crippen molar-refractivity contribution in [3.05, 3.63) is 65.5 Å². The fourth-order valence-electron chi connectivity index (χ4n) is 3.50. The molecule has 0 aliphatic carbocycles. The van der Waals surface area contributed by atoms with Crippen LogP contribution in [-0.4, -0.2) is 36.2 Å². The van der Waals surface area contributed by atoms with E-state index in [1.54, 1.807) is 30.8 Å². The highest BCUT2D eigenvalue weighted by atomic mass is 32.2. The highest BCUT2D eigenvalue weighted by molar-refractivity contribution is 7.92. The van der Waals surface area contributed by atoms with E-state index in [0.717, 1.165) is 36.5 Å². The number of nitrogens with one attached hydrogen (secondary N) is 1. The second-order valence-corrected chi connectivity index (χ2v) is 9.14. The normalized spacial score (nSPS) is 11.8. The van der Waals surface area contributed by atoms with E-state index in [1.165, 1.54) is 5.56 Å². The maximum absolute atomic E-state index is 12.9. The first kappa shape index (κ1) is 22.1. The number of aromatic nitrogens is 2. The molecule has 3 aromatic rings.